The van der Waals surface area contributed by atoms with E-state index in [9.17, 15) is 4.79 Å². The Hall–Kier alpha value is -0.710. The van der Waals surface area contributed by atoms with Gasteiger partial charge in [-0.25, -0.2) is 0 Å². The van der Waals surface area contributed by atoms with Gasteiger partial charge >= 0.3 is 0 Å². The minimum atomic E-state index is 0.289. The summed E-state index contributed by atoms with van der Waals surface area (Å²) in [6, 6.07) is 0. The van der Waals surface area contributed by atoms with Gasteiger partial charge in [-0.05, 0) is 31.1 Å². The summed E-state index contributed by atoms with van der Waals surface area (Å²) in [6.45, 7) is 10.3. The maximum Gasteiger partial charge on any atom is 0.224 e. The Kier molecular flexibility index (Phi) is 5.97. The fourth-order valence-corrected chi connectivity index (χ4v) is 4.26. The second-order valence-corrected chi connectivity index (χ2v) is 8.56. The molecule has 1 unspecified atom stereocenters. The highest BCUT2D eigenvalue weighted by atomic mass is 32.2. The second-order valence-electron chi connectivity index (χ2n) is 7.27. The minimum Gasteiger partial charge on any atom is -0.364 e. The summed E-state index contributed by atoms with van der Waals surface area (Å²) < 4.78 is 0. The molecule has 0 aromatic rings. The predicted octanol–water partition coefficient (Wildman–Crippen LogP) is 2.89. The van der Waals surface area contributed by atoms with Crippen molar-refractivity contribution in [2.45, 2.75) is 58.1 Å². The first-order valence-electron chi connectivity index (χ1n) is 8.17. The van der Waals surface area contributed by atoms with Crippen molar-refractivity contribution in [3.05, 3.63) is 0 Å². The van der Waals surface area contributed by atoms with E-state index in [1.807, 2.05) is 16.7 Å². The van der Waals surface area contributed by atoms with E-state index in [-0.39, 0.29) is 5.91 Å². The van der Waals surface area contributed by atoms with Crippen molar-refractivity contribution in [1.29, 1.82) is 0 Å². The van der Waals surface area contributed by atoms with Crippen LogP contribution in [-0.4, -0.2) is 47.4 Å². The maximum atomic E-state index is 12.1. The van der Waals surface area contributed by atoms with Gasteiger partial charge in [-0.15, -0.1) is 0 Å². The van der Waals surface area contributed by atoms with E-state index in [1.165, 1.54) is 12.8 Å². The number of hydrogen-bond donors (Lipinski definition) is 1. The van der Waals surface area contributed by atoms with Gasteiger partial charge in [0.2, 0.25) is 5.91 Å². The van der Waals surface area contributed by atoms with Gasteiger partial charge in [0.25, 0.3) is 0 Å². The molecule has 0 radical (unpaired) electrons. The van der Waals surface area contributed by atoms with Crippen molar-refractivity contribution in [3.63, 3.8) is 0 Å². The molecule has 0 bridgehead atoms. The molecule has 1 atom stereocenters. The first kappa shape index (κ1) is 16.7. The van der Waals surface area contributed by atoms with Gasteiger partial charge < -0.3 is 10.2 Å². The Bertz CT molecular complexity index is 383. The lowest BCUT2D eigenvalue weighted by Gasteiger charge is -2.26. The molecular formula is C16H29N3OS. The molecule has 5 heteroatoms. The summed E-state index contributed by atoms with van der Waals surface area (Å²) in [5, 5.41) is 4.94. The number of nitrogens with one attached hydrogen (secondary N) is 1. The summed E-state index contributed by atoms with van der Waals surface area (Å²) in [6.07, 6.45) is 5.36. The smallest absolute Gasteiger partial charge is 0.224 e. The van der Waals surface area contributed by atoms with Crippen LogP contribution in [0.2, 0.25) is 0 Å². The highest BCUT2D eigenvalue weighted by Gasteiger charge is 2.25. The summed E-state index contributed by atoms with van der Waals surface area (Å²) in [4.78, 5) is 18.6. The van der Waals surface area contributed by atoms with Crippen molar-refractivity contribution in [2.75, 3.05) is 26.2 Å². The van der Waals surface area contributed by atoms with Crippen molar-refractivity contribution >= 4 is 22.8 Å². The first-order valence-corrected chi connectivity index (χ1v) is 9.05. The molecule has 0 aromatic carbocycles. The lowest BCUT2D eigenvalue weighted by molar-refractivity contribution is -0.131. The van der Waals surface area contributed by atoms with Gasteiger partial charge in [0.1, 0.15) is 0 Å². The van der Waals surface area contributed by atoms with Crippen LogP contribution in [0.4, 0.5) is 0 Å². The number of thioether (sulfide) groups is 1. The normalized spacial score (nSPS) is 23.1. The van der Waals surface area contributed by atoms with Crippen molar-refractivity contribution < 1.29 is 4.79 Å². The van der Waals surface area contributed by atoms with E-state index in [1.54, 1.807) is 0 Å². The molecule has 2 aliphatic rings. The summed E-state index contributed by atoms with van der Waals surface area (Å²) in [5.74, 6) is 0.289. The molecule has 0 aliphatic carbocycles. The molecular weight excluding hydrogens is 282 g/mol. The lowest BCUT2D eigenvalue weighted by Crippen LogP contribution is -2.37. The SMILES string of the molecule is CC(C)(C)CC1CN=C(NCCC(=O)N2CCCCC2)S1. The predicted molar refractivity (Wildman–Crippen MR) is 90.8 cm³/mol. The van der Waals surface area contributed by atoms with Crippen LogP contribution in [0, 0.1) is 5.41 Å². The molecule has 1 fully saturated rings. The van der Waals surface area contributed by atoms with E-state index >= 15 is 0 Å². The number of rotatable bonds is 4. The third kappa shape index (κ3) is 5.89. The van der Waals surface area contributed by atoms with Gasteiger partial charge in [0, 0.05) is 31.3 Å². The maximum absolute atomic E-state index is 12.1. The molecule has 2 rings (SSSR count). The van der Waals surface area contributed by atoms with E-state index in [4.69, 9.17) is 0 Å². The summed E-state index contributed by atoms with van der Waals surface area (Å²) >= 11 is 1.84. The highest BCUT2D eigenvalue weighted by Crippen LogP contribution is 2.31. The number of amides is 1. The lowest BCUT2D eigenvalue weighted by atomic mass is 9.90. The van der Waals surface area contributed by atoms with E-state index < -0.39 is 0 Å². The number of carbonyl (C=O) groups excluding carboxylic acids is 1. The Balaban J connectivity index is 1.62. The number of carbonyl (C=O) groups is 1. The third-order valence-corrected chi connectivity index (χ3v) is 5.03. The van der Waals surface area contributed by atoms with Crippen LogP contribution in [0.5, 0.6) is 0 Å². The van der Waals surface area contributed by atoms with Crippen molar-refractivity contribution in [3.8, 4) is 0 Å². The van der Waals surface area contributed by atoms with Gasteiger partial charge in [0.15, 0.2) is 5.17 Å². The molecule has 2 heterocycles. The Morgan fingerprint density at radius 3 is 2.71 bits per heavy atom. The number of amidine groups is 1. The van der Waals surface area contributed by atoms with Crippen molar-refractivity contribution in [1.82, 2.24) is 10.2 Å². The largest absolute Gasteiger partial charge is 0.364 e. The van der Waals surface area contributed by atoms with Crippen LogP contribution in [0.3, 0.4) is 0 Å². The number of nitrogens with zero attached hydrogens (tertiary/aromatic N) is 2. The minimum absolute atomic E-state index is 0.289. The zero-order valence-electron chi connectivity index (χ0n) is 13.7. The van der Waals surface area contributed by atoms with Crippen LogP contribution in [0.25, 0.3) is 0 Å². The van der Waals surface area contributed by atoms with Crippen LogP contribution in [-0.2, 0) is 4.79 Å². The Morgan fingerprint density at radius 2 is 2.05 bits per heavy atom. The zero-order chi connectivity index (χ0) is 15.3. The standard InChI is InChI=1S/C16H29N3OS/c1-16(2,3)11-13-12-18-15(21-13)17-8-7-14(20)19-9-5-4-6-10-19/h13H,4-12H2,1-3H3,(H,17,18). The molecule has 0 spiro atoms. The van der Waals surface area contributed by atoms with Crippen LogP contribution < -0.4 is 5.32 Å². The molecule has 1 amide bonds. The number of piperidine rings is 1. The first-order chi connectivity index (χ1) is 9.94. The molecule has 120 valence electrons. The van der Waals surface area contributed by atoms with E-state index in [2.05, 4.69) is 31.1 Å². The molecule has 0 aromatic heterocycles. The van der Waals surface area contributed by atoms with Crippen molar-refractivity contribution in [2.24, 2.45) is 10.4 Å². The van der Waals surface area contributed by atoms with E-state index in [0.717, 1.165) is 37.6 Å². The van der Waals surface area contributed by atoms with E-state index in [0.29, 0.717) is 23.6 Å². The monoisotopic (exact) mass is 311 g/mol. The fourth-order valence-electron chi connectivity index (χ4n) is 2.88. The molecule has 1 N–H and O–H groups in total. The topological polar surface area (TPSA) is 44.7 Å². The molecule has 4 nitrogen and oxygen atoms in total. The average molecular weight is 311 g/mol. The van der Waals surface area contributed by atoms with Crippen LogP contribution in [0.15, 0.2) is 4.99 Å². The van der Waals surface area contributed by atoms with Gasteiger partial charge in [0.05, 0.1) is 6.54 Å². The van der Waals surface area contributed by atoms with Crippen LogP contribution >= 0.6 is 11.8 Å². The number of hydrogen-bond acceptors (Lipinski definition) is 4. The second kappa shape index (κ2) is 7.52. The van der Waals surface area contributed by atoms with Gasteiger partial charge in [-0.3, -0.25) is 9.79 Å². The van der Waals surface area contributed by atoms with Gasteiger partial charge in [-0.1, -0.05) is 32.5 Å². The molecule has 21 heavy (non-hydrogen) atoms. The molecule has 2 aliphatic heterocycles. The van der Waals surface area contributed by atoms with Crippen LogP contribution in [0.1, 0.15) is 52.9 Å². The highest BCUT2D eigenvalue weighted by molar-refractivity contribution is 8.14. The average Bonchev–Trinajstić information content (AvgIpc) is 2.85. The quantitative estimate of drug-likeness (QED) is 0.868. The Morgan fingerprint density at radius 1 is 1.33 bits per heavy atom. The number of likely N-dealkylation sites (tertiary alicyclic amines) is 1. The zero-order valence-corrected chi connectivity index (χ0v) is 14.5. The molecule has 1 saturated heterocycles. The number of aliphatic imine (C=N–C) groups is 1. The summed E-state index contributed by atoms with van der Waals surface area (Å²) in [5.41, 5.74) is 0.354. The fraction of sp³-hybridized carbons (Fsp3) is 0.875. The Labute approximate surface area is 133 Å². The third-order valence-electron chi connectivity index (χ3n) is 3.88. The summed E-state index contributed by atoms with van der Waals surface area (Å²) in [7, 11) is 0. The van der Waals surface area contributed by atoms with Gasteiger partial charge in [-0.2, -0.15) is 0 Å². The molecule has 0 saturated carbocycles.